The molecule has 0 amide bonds. The van der Waals surface area contributed by atoms with E-state index in [9.17, 15) is 4.79 Å². The van der Waals surface area contributed by atoms with Crippen molar-refractivity contribution in [1.29, 1.82) is 0 Å². The van der Waals surface area contributed by atoms with Gasteiger partial charge >= 0.3 is 0 Å². The van der Waals surface area contributed by atoms with Gasteiger partial charge in [-0.25, -0.2) is 0 Å². The van der Waals surface area contributed by atoms with Crippen molar-refractivity contribution >= 4 is 6.29 Å². The first-order chi connectivity index (χ1) is 9.28. The molecule has 0 aromatic heterocycles. The van der Waals surface area contributed by atoms with Gasteiger partial charge in [0.25, 0.3) is 0 Å². The van der Waals surface area contributed by atoms with Crippen LogP contribution >= 0.6 is 0 Å². The summed E-state index contributed by atoms with van der Waals surface area (Å²) in [5.74, 6) is 1.29. The number of hydrogen-bond acceptors (Lipinski definition) is 3. The van der Waals surface area contributed by atoms with E-state index in [1.54, 1.807) is 14.2 Å². The second-order valence-corrected chi connectivity index (χ2v) is 4.16. The summed E-state index contributed by atoms with van der Waals surface area (Å²) in [4.78, 5) is 11.4. The molecule has 0 radical (unpaired) electrons. The third kappa shape index (κ3) is 2.94. The van der Waals surface area contributed by atoms with Crippen LogP contribution in [0.5, 0.6) is 11.5 Å². The third-order valence-corrected chi connectivity index (χ3v) is 3.09. The summed E-state index contributed by atoms with van der Waals surface area (Å²) in [6.07, 6.45) is 0.948. The fourth-order valence-electron chi connectivity index (χ4n) is 1.97. The lowest BCUT2D eigenvalue weighted by Gasteiger charge is -2.12. The van der Waals surface area contributed by atoms with Crippen LogP contribution in [0.1, 0.15) is 17.0 Å². The maximum absolute atomic E-state index is 11.4. The SMILES string of the molecule is COc1ccc(C(C=O)c2ccc(OC)cc2)cc1. The van der Waals surface area contributed by atoms with Gasteiger partial charge in [0.2, 0.25) is 0 Å². The number of carbonyl (C=O) groups is 1. The highest BCUT2D eigenvalue weighted by molar-refractivity contribution is 5.68. The largest absolute Gasteiger partial charge is 0.497 e. The number of benzene rings is 2. The van der Waals surface area contributed by atoms with Crippen molar-refractivity contribution in [2.24, 2.45) is 0 Å². The van der Waals surface area contributed by atoms with Crippen molar-refractivity contribution in [3.05, 3.63) is 59.7 Å². The van der Waals surface area contributed by atoms with Crippen molar-refractivity contribution in [3.63, 3.8) is 0 Å². The van der Waals surface area contributed by atoms with Crippen LogP contribution in [0.25, 0.3) is 0 Å². The maximum Gasteiger partial charge on any atom is 0.131 e. The number of ether oxygens (including phenoxy) is 2. The zero-order chi connectivity index (χ0) is 13.7. The normalized spacial score (nSPS) is 10.3. The van der Waals surface area contributed by atoms with E-state index in [1.165, 1.54) is 0 Å². The molecule has 0 atom stereocenters. The highest BCUT2D eigenvalue weighted by atomic mass is 16.5. The Morgan fingerprint density at radius 3 is 1.42 bits per heavy atom. The van der Waals surface area contributed by atoms with Gasteiger partial charge in [-0.05, 0) is 35.4 Å². The van der Waals surface area contributed by atoms with E-state index in [1.807, 2.05) is 48.5 Å². The molecule has 98 valence electrons. The number of rotatable bonds is 5. The molecule has 0 fully saturated rings. The molecule has 0 saturated carbocycles. The first kappa shape index (κ1) is 13.1. The van der Waals surface area contributed by atoms with Crippen molar-refractivity contribution in [3.8, 4) is 11.5 Å². The number of methoxy groups -OCH3 is 2. The first-order valence-corrected chi connectivity index (χ1v) is 6.01. The van der Waals surface area contributed by atoms with Gasteiger partial charge in [0.1, 0.15) is 17.8 Å². The molecule has 0 aliphatic carbocycles. The summed E-state index contributed by atoms with van der Waals surface area (Å²) in [5.41, 5.74) is 1.89. The Bertz CT molecular complexity index is 481. The maximum atomic E-state index is 11.4. The lowest BCUT2D eigenvalue weighted by molar-refractivity contribution is -0.108. The monoisotopic (exact) mass is 256 g/mol. The molecule has 2 aromatic carbocycles. The average molecular weight is 256 g/mol. The van der Waals surface area contributed by atoms with E-state index in [0.29, 0.717) is 0 Å². The van der Waals surface area contributed by atoms with Gasteiger partial charge in [-0.2, -0.15) is 0 Å². The van der Waals surface area contributed by atoms with E-state index < -0.39 is 0 Å². The molecule has 0 aliphatic rings. The van der Waals surface area contributed by atoms with Crippen molar-refractivity contribution in [1.82, 2.24) is 0 Å². The molecular formula is C16H16O3. The minimum absolute atomic E-state index is 0.267. The average Bonchev–Trinajstić information content (AvgIpc) is 2.49. The van der Waals surface area contributed by atoms with Gasteiger partial charge in [-0.3, -0.25) is 0 Å². The van der Waals surface area contributed by atoms with Crippen molar-refractivity contribution < 1.29 is 14.3 Å². The minimum atomic E-state index is -0.267. The molecule has 19 heavy (non-hydrogen) atoms. The molecule has 0 saturated heterocycles. The van der Waals surface area contributed by atoms with E-state index in [4.69, 9.17) is 9.47 Å². The summed E-state index contributed by atoms with van der Waals surface area (Å²) < 4.78 is 10.2. The van der Waals surface area contributed by atoms with Crippen molar-refractivity contribution in [2.75, 3.05) is 14.2 Å². The molecule has 0 unspecified atom stereocenters. The fourth-order valence-corrected chi connectivity index (χ4v) is 1.97. The van der Waals surface area contributed by atoms with Crippen LogP contribution in [-0.2, 0) is 4.79 Å². The predicted octanol–water partition coefficient (Wildman–Crippen LogP) is 3.03. The Kier molecular flexibility index (Phi) is 4.18. The molecule has 2 aromatic rings. The summed E-state index contributed by atoms with van der Waals surface area (Å²) in [5, 5.41) is 0. The van der Waals surface area contributed by atoms with Crippen LogP contribution in [0, 0.1) is 0 Å². The molecule has 0 heterocycles. The number of aldehydes is 1. The third-order valence-electron chi connectivity index (χ3n) is 3.09. The van der Waals surface area contributed by atoms with Crippen LogP contribution in [0.3, 0.4) is 0 Å². The second kappa shape index (κ2) is 6.05. The molecular weight excluding hydrogens is 240 g/mol. The van der Waals surface area contributed by atoms with Crippen LogP contribution < -0.4 is 9.47 Å². The molecule has 3 nitrogen and oxygen atoms in total. The Hall–Kier alpha value is -2.29. The topological polar surface area (TPSA) is 35.5 Å². The molecule has 0 N–H and O–H groups in total. The van der Waals surface area contributed by atoms with Gasteiger partial charge in [-0.15, -0.1) is 0 Å². The van der Waals surface area contributed by atoms with Crippen molar-refractivity contribution in [2.45, 2.75) is 5.92 Å². The molecule has 0 aliphatic heterocycles. The lowest BCUT2D eigenvalue weighted by atomic mass is 9.92. The van der Waals surface area contributed by atoms with E-state index in [-0.39, 0.29) is 5.92 Å². The Morgan fingerprint density at radius 2 is 1.16 bits per heavy atom. The first-order valence-electron chi connectivity index (χ1n) is 6.01. The van der Waals surface area contributed by atoms with Crippen LogP contribution in [0.15, 0.2) is 48.5 Å². The second-order valence-electron chi connectivity index (χ2n) is 4.16. The summed E-state index contributed by atoms with van der Waals surface area (Å²) in [7, 11) is 3.24. The Morgan fingerprint density at radius 1 is 0.789 bits per heavy atom. The molecule has 0 spiro atoms. The smallest absolute Gasteiger partial charge is 0.131 e. The quantitative estimate of drug-likeness (QED) is 0.771. The van der Waals surface area contributed by atoms with E-state index in [0.717, 1.165) is 28.9 Å². The Labute approximate surface area is 112 Å². The van der Waals surface area contributed by atoms with Gasteiger partial charge in [0, 0.05) is 0 Å². The Balaban J connectivity index is 2.29. The lowest BCUT2D eigenvalue weighted by Crippen LogP contribution is -2.02. The summed E-state index contributed by atoms with van der Waals surface area (Å²) >= 11 is 0. The molecule has 0 bridgehead atoms. The molecule has 3 heteroatoms. The summed E-state index contributed by atoms with van der Waals surface area (Å²) in [6.45, 7) is 0. The predicted molar refractivity (Wildman–Crippen MR) is 73.9 cm³/mol. The summed E-state index contributed by atoms with van der Waals surface area (Å²) in [6, 6.07) is 15.0. The highest BCUT2D eigenvalue weighted by Crippen LogP contribution is 2.26. The minimum Gasteiger partial charge on any atom is -0.497 e. The molecule has 2 rings (SSSR count). The number of carbonyl (C=O) groups excluding carboxylic acids is 1. The number of hydrogen-bond donors (Lipinski definition) is 0. The van der Waals surface area contributed by atoms with Gasteiger partial charge in [0.05, 0.1) is 20.1 Å². The van der Waals surface area contributed by atoms with E-state index in [2.05, 4.69) is 0 Å². The van der Waals surface area contributed by atoms with Crippen LogP contribution in [0.4, 0.5) is 0 Å². The highest BCUT2D eigenvalue weighted by Gasteiger charge is 2.13. The zero-order valence-corrected chi connectivity index (χ0v) is 11.0. The zero-order valence-electron chi connectivity index (χ0n) is 11.0. The van der Waals surface area contributed by atoms with E-state index >= 15 is 0 Å². The fraction of sp³-hybridized carbons (Fsp3) is 0.188. The standard InChI is InChI=1S/C16H16O3/c1-18-14-7-3-12(4-8-14)16(11-17)13-5-9-15(19-2)10-6-13/h3-11,16H,1-2H3. The van der Waals surface area contributed by atoms with Gasteiger partial charge in [-0.1, -0.05) is 24.3 Å². The van der Waals surface area contributed by atoms with Crippen LogP contribution in [-0.4, -0.2) is 20.5 Å². The van der Waals surface area contributed by atoms with Gasteiger partial charge < -0.3 is 14.3 Å². The van der Waals surface area contributed by atoms with Crippen LogP contribution in [0.2, 0.25) is 0 Å². The van der Waals surface area contributed by atoms with Gasteiger partial charge in [0.15, 0.2) is 0 Å².